The quantitative estimate of drug-likeness (QED) is 0.889. The lowest BCUT2D eigenvalue weighted by atomic mass is 9.83. The summed E-state index contributed by atoms with van der Waals surface area (Å²) in [5, 5.41) is 2.90. The minimum atomic E-state index is 0.0135. The van der Waals surface area contributed by atoms with E-state index in [9.17, 15) is 4.79 Å². The van der Waals surface area contributed by atoms with Crippen LogP contribution in [-0.4, -0.2) is 10.9 Å². The van der Waals surface area contributed by atoms with Crippen LogP contribution in [0.1, 0.15) is 23.1 Å². The minimum Gasteiger partial charge on any atom is -0.397 e. The summed E-state index contributed by atoms with van der Waals surface area (Å²) in [4.78, 5) is 16.6. The summed E-state index contributed by atoms with van der Waals surface area (Å²) in [6, 6.07) is 10.2. The monoisotopic (exact) mass is 281 g/mol. The SMILES string of the molecule is Cc1cc(NC(=O)C2CCc3ccccc3C2)ncc1N. The number of aromatic nitrogens is 1. The maximum absolute atomic E-state index is 12.4. The van der Waals surface area contributed by atoms with Crippen molar-refractivity contribution in [1.82, 2.24) is 4.98 Å². The molecule has 1 aliphatic rings. The average Bonchev–Trinajstić information content (AvgIpc) is 2.50. The van der Waals surface area contributed by atoms with Gasteiger partial charge in [0.2, 0.25) is 5.91 Å². The maximum atomic E-state index is 12.4. The number of hydrogen-bond acceptors (Lipinski definition) is 3. The highest BCUT2D eigenvalue weighted by atomic mass is 16.1. The summed E-state index contributed by atoms with van der Waals surface area (Å²) in [6.07, 6.45) is 4.23. The van der Waals surface area contributed by atoms with Gasteiger partial charge in [-0.25, -0.2) is 4.98 Å². The van der Waals surface area contributed by atoms with Crippen LogP contribution >= 0.6 is 0 Å². The first-order valence-electron chi connectivity index (χ1n) is 7.23. The Morgan fingerprint density at radius 3 is 2.86 bits per heavy atom. The van der Waals surface area contributed by atoms with Crippen LogP contribution in [0.2, 0.25) is 0 Å². The fourth-order valence-electron chi connectivity index (χ4n) is 2.78. The number of carbonyl (C=O) groups excluding carboxylic acids is 1. The number of anilines is 2. The molecule has 1 aromatic heterocycles. The summed E-state index contributed by atoms with van der Waals surface area (Å²) >= 11 is 0. The number of hydrogen-bond donors (Lipinski definition) is 2. The lowest BCUT2D eigenvalue weighted by Gasteiger charge is -2.23. The number of nitrogen functional groups attached to an aromatic ring is 1. The Balaban J connectivity index is 1.70. The van der Waals surface area contributed by atoms with Gasteiger partial charge in [-0.3, -0.25) is 4.79 Å². The highest BCUT2D eigenvalue weighted by Crippen LogP contribution is 2.26. The first kappa shape index (κ1) is 13.6. The Kier molecular flexibility index (Phi) is 3.60. The second kappa shape index (κ2) is 5.56. The van der Waals surface area contributed by atoms with Crippen molar-refractivity contribution in [3.63, 3.8) is 0 Å². The lowest BCUT2D eigenvalue weighted by Crippen LogP contribution is -2.28. The van der Waals surface area contributed by atoms with Gasteiger partial charge >= 0.3 is 0 Å². The molecule has 0 fully saturated rings. The molecule has 0 saturated carbocycles. The molecule has 1 atom stereocenters. The van der Waals surface area contributed by atoms with Crippen molar-refractivity contribution in [3.8, 4) is 0 Å². The molecular weight excluding hydrogens is 262 g/mol. The summed E-state index contributed by atoms with van der Waals surface area (Å²) in [5.41, 5.74) is 9.95. The normalized spacial score (nSPS) is 17.1. The van der Waals surface area contributed by atoms with Gasteiger partial charge in [0.25, 0.3) is 0 Å². The third-order valence-electron chi connectivity index (χ3n) is 4.12. The smallest absolute Gasteiger partial charge is 0.228 e. The number of aryl methyl sites for hydroxylation is 2. The first-order chi connectivity index (χ1) is 10.1. The Bertz CT molecular complexity index is 681. The van der Waals surface area contributed by atoms with Gasteiger partial charge in [-0.05, 0) is 48.9 Å². The zero-order chi connectivity index (χ0) is 14.8. The molecule has 3 N–H and O–H groups in total. The van der Waals surface area contributed by atoms with Crippen molar-refractivity contribution >= 4 is 17.4 Å². The number of nitrogens with one attached hydrogen (secondary N) is 1. The molecule has 21 heavy (non-hydrogen) atoms. The highest BCUT2D eigenvalue weighted by Gasteiger charge is 2.24. The number of nitrogens with two attached hydrogens (primary N) is 1. The van der Waals surface area contributed by atoms with E-state index in [-0.39, 0.29) is 11.8 Å². The van der Waals surface area contributed by atoms with E-state index in [0.717, 1.165) is 24.8 Å². The summed E-state index contributed by atoms with van der Waals surface area (Å²) in [6.45, 7) is 1.91. The van der Waals surface area contributed by atoms with Gasteiger partial charge < -0.3 is 11.1 Å². The van der Waals surface area contributed by atoms with Crippen LogP contribution in [0.15, 0.2) is 36.5 Å². The Labute approximate surface area is 124 Å². The molecule has 0 bridgehead atoms. The molecule has 0 aliphatic heterocycles. The molecule has 1 amide bonds. The zero-order valence-corrected chi connectivity index (χ0v) is 12.1. The van der Waals surface area contributed by atoms with E-state index < -0.39 is 0 Å². The third-order valence-corrected chi connectivity index (χ3v) is 4.12. The van der Waals surface area contributed by atoms with E-state index in [4.69, 9.17) is 5.73 Å². The van der Waals surface area contributed by atoms with Crippen LogP contribution in [-0.2, 0) is 17.6 Å². The Morgan fingerprint density at radius 2 is 2.10 bits per heavy atom. The van der Waals surface area contributed by atoms with Crippen LogP contribution in [0.3, 0.4) is 0 Å². The van der Waals surface area contributed by atoms with Gasteiger partial charge in [0.1, 0.15) is 5.82 Å². The molecule has 0 radical (unpaired) electrons. The fraction of sp³-hybridized carbons (Fsp3) is 0.294. The highest BCUT2D eigenvalue weighted by molar-refractivity contribution is 5.92. The molecule has 2 aromatic rings. The molecule has 0 spiro atoms. The molecule has 4 nitrogen and oxygen atoms in total. The summed E-state index contributed by atoms with van der Waals surface area (Å²) < 4.78 is 0. The number of fused-ring (bicyclic) bond motifs is 1. The Hall–Kier alpha value is -2.36. The molecule has 1 unspecified atom stereocenters. The van der Waals surface area contributed by atoms with Crippen LogP contribution < -0.4 is 11.1 Å². The first-order valence-corrected chi connectivity index (χ1v) is 7.23. The molecule has 1 heterocycles. The van der Waals surface area contributed by atoms with Crippen molar-refractivity contribution in [2.24, 2.45) is 5.92 Å². The molecular formula is C17H19N3O. The number of benzene rings is 1. The fourth-order valence-corrected chi connectivity index (χ4v) is 2.78. The van der Waals surface area contributed by atoms with E-state index in [2.05, 4.69) is 28.5 Å². The van der Waals surface area contributed by atoms with Gasteiger partial charge in [0.05, 0.1) is 11.9 Å². The van der Waals surface area contributed by atoms with E-state index in [1.165, 1.54) is 11.1 Å². The van der Waals surface area contributed by atoms with Crippen LogP contribution in [0.4, 0.5) is 11.5 Å². The molecule has 4 heteroatoms. The van der Waals surface area contributed by atoms with E-state index in [1.807, 2.05) is 19.1 Å². The molecule has 1 aromatic carbocycles. The topological polar surface area (TPSA) is 68.0 Å². The third kappa shape index (κ3) is 2.89. The molecule has 3 rings (SSSR count). The molecule has 0 saturated heterocycles. The van der Waals surface area contributed by atoms with Crippen LogP contribution in [0.5, 0.6) is 0 Å². The number of rotatable bonds is 2. The van der Waals surface area contributed by atoms with E-state index in [1.54, 1.807) is 6.20 Å². The maximum Gasteiger partial charge on any atom is 0.228 e. The zero-order valence-electron chi connectivity index (χ0n) is 12.1. The van der Waals surface area contributed by atoms with Gasteiger partial charge in [-0.2, -0.15) is 0 Å². The van der Waals surface area contributed by atoms with Crippen LogP contribution in [0.25, 0.3) is 0 Å². The predicted octanol–water partition coefficient (Wildman–Crippen LogP) is 2.72. The standard InChI is InChI=1S/C17H19N3O/c1-11-8-16(19-10-15(11)18)20-17(21)14-7-6-12-4-2-3-5-13(12)9-14/h2-5,8,10,14H,6-7,9,18H2,1H3,(H,19,20,21). The van der Waals surface area contributed by atoms with Crippen molar-refractivity contribution in [1.29, 1.82) is 0 Å². The van der Waals surface area contributed by atoms with Gasteiger partial charge in [0.15, 0.2) is 0 Å². The largest absolute Gasteiger partial charge is 0.397 e. The lowest BCUT2D eigenvalue weighted by molar-refractivity contribution is -0.120. The van der Waals surface area contributed by atoms with Crippen molar-refractivity contribution in [2.75, 3.05) is 11.1 Å². The summed E-state index contributed by atoms with van der Waals surface area (Å²) in [5.74, 6) is 0.631. The number of amides is 1. The average molecular weight is 281 g/mol. The van der Waals surface area contributed by atoms with Gasteiger partial charge in [-0.15, -0.1) is 0 Å². The van der Waals surface area contributed by atoms with Crippen LogP contribution in [0, 0.1) is 12.8 Å². The van der Waals surface area contributed by atoms with Crippen molar-refractivity contribution in [2.45, 2.75) is 26.2 Å². The molecule has 1 aliphatic carbocycles. The van der Waals surface area contributed by atoms with Crippen molar-refractivity contribution < 1.29 is 4.79 Å². The van der Waals surface area contributed by atoms with E-state index >= 15 is 0 Å². The number of nitrogens with zero attached hydrogens (tertiary/aromatic N) is 1. The Morgan fingerprint density at radius 1 is 1.33 bits per heavy atom. The number of pyridine rings is 1. The second-order valence-corrected chi connectivity index (χ2v) is 5.62. The van der Waals surface area contributed by atoms with Crippen molar-refractivity contribution in [3.05, 3.63) is 53.2 Å². The van der Waals surface area contributed by atoms with E-state index in [0.29, 0.717) is 11.5 Å². The molecule has 108 valence electrons. The van der Waals surface area contributed by atoms with Gasteiger partial charge in [-0.1, -0.05) is 24.3 Å². The van der Waals surface area contributed by atoms with Gasteiger partial charge in [0, 0.05) is 5.92 Å². The predicted molar refractivity (Wildman–Crippen MR) is 84.0 cm³/mol. The summed E-state index contributed by atoms with van der Waals surface area (Å²) in [7, 11) is 0. The minimum absolute atomic E-state index is 0.0135. The second-order valence-electron chi connectivity index (χ2n) is 5.62. The number of carbonyl (C=O) groups is 1.